The maximum Gasteiger partial charge on any atom is 0.261 e. The summed E-state index contributed by atoms with van der Waals surface area (Å²) in [5.41, 5.74) is 1.28. The van der Waals surface area contributed by atoms with Crippen molar-refractivity contribution >= 4 is 27.5 Å². The summed E-state index contributed by atoms with van der Waals surface area (Å²) in [5.74, 6) is 1.31. The molecule has 0 bridgehead atoms. The van der Waals surface area contributed by atoms with E-state index in [1.165, 1.54) is 36.1 Å². The number of rotatable bonds is 3. The van der Waals surface area contributed by atoms with Crippen molar-refractivity contribution in [3.8, 4) is 0 Å². The number of likely N-dealkylation sites (tertiary alicyclic amines) is 1. The lowest BCUT2D eigenvalue weighted by Gasteiger charge is -2.28. The summed E-state index contributed by atoms with van der Waals surface area (Å²) in [6.07, 6.45) is 6.98. The highest BCUT2D eigenvalue weighted by atomic mass is 32.1. The number of piperidine rings is 1. The number of aromatic nitrogens is 2. The Kier molecular flexibility index (Phi) is 4.11. The average molecular weight is 332 g/mol. The van der Waals surface area contributed by atoms with Crippen molar-refractivity contribution in [3.63, 3.8) is 0 Å². The minimum atomic E-state index is 0.0280. The first-order chi connectivity index (χ1) is 11.2. The maximum absolute atomic E-state index is 12.5. The van der Waals surface area contributed by atoms with E-state index >= 15 is 0 Å². The van der Waals surface area contributed by atoms with E-state index < -0.39 is 0 Å². The van der Waals surface area contributed by atoms with Crippen LogP contribution in [0.5, 0.6) is 0 Å². The summed E-state index contributed by atoms with van der Waals surface area (Å²) in [6, 6.07) is 0. The van der Waals surface area contributed by atoms with Crippen LogP contribution in [0.2, 0.25) is 0 Å². The van der Waals surface area contributed by atoms with Gasteiger partial charge in [0.2, 0.25) is 5.95 Å². The number of fused-ring (bicyclic) bond motifs is 3. The Morgan fingerprint density at radius 1 is 1.30 bits per heavy atom. The molecular formula is C17H24N4OS. The molecule has 3 heterocycles. The number of nitrogens with zero attached hydrogens (tertiary/aromatic N) is 2. The lowest BCUT2D eigenvalue weighted by atomic mass is 9.97. The van der Waals surface area contributed by atoms with E-state index in [1.54, 1.807) is 11.3 Å². The molecule has 2 N–H and O–H groups in total. The van der Waals surface area contributed by atoms with Gasteiger partial charge < -0.3 is 10.2 Å². The van der Waals surface area contributed by atoms with E-state index in [4.69, 9.17) is 0 Å². The lowest BCUT2D eigenvalue weighted by Crippen LogP contribution is -2.33. The quantitative estimate of drug-likeness (QED) is 0.907. The highest BCUT2D eigenvalue weighted by molar-refractivity contribution is 7.18. The second kappa shape index (κ2) is 6.24. The van der Waals surface area contributed by atoms with Crippen LogP contribution < -0.4 is 10.9 Å². The number of aromatic amines is 1. The van der Waals surface area contributed by atoms with Gasteiger partial charge in [-0.1, -0.05) is 0 Å². The predicted octanol–water partition coefficient (Wildman–Crippen LogP) is 2.62. The van der Waals surface area contributed by atoms with Gasteiger partial charge in [0.1, 0.15) is 4.83 Å². The monoisotopic (exact) mass is 332 g/mol. The second-order valence-corrected chi connectivity index (χ2v) is 8.02. The normalized spacial score (nSPS) is 19.9. The average Bonchev–Trinajstić information content (AvgIpc) is 2.93. The molecule has 0 amide bonds. The zero-order valence-corrected chi connectivity index (χ0v) is 14.5. The number of thiophene rings is 1. The van der Waals surface area contributed by atoms with Crippen LogP contribution in [0, 0.1) is 5.92 Å². The summed E-state index contributed by atoms with van der Waals surface area (Å²) < 4.78 is 0. The minimum Gasteiger partial charge on any atom is -0.355 e. The van der Waals surface area contributed by atoms with Crippen LogP contribution >= 0.6 is 11.3 Å². The van der Waals surface area contributed by atoms with Gasteiger partial charge in [0.05, 0.1) is 5.39 Å². The van der Waals surface area contributed by atoms with Crippen LogP contribution in [0.4, 0.5) is 5.95 Å². The molecule has 0 spiro atoms. The number of H-pyrrole nitrogens is 1. The third-order valence-electron chi connectivity index (χ3n) is 5.22. The Morgan fingerprint density at radius 3 is 2.91 bits per heavy atom. The first kappa shape index (κ1) is 15.1. The van der Waals surface area contributed by atoms with Crippen molar-refractivity contribution in [3.05, 3.63) is 20.8 Å². The molecule has 2 aromatic rings. The maximum atomic E-state index is 12.5. The van der Waals surface area contributed by atoms with Crippen molar-refractivity contribution in [2.24, 2.45) is 5.92 Å². The molecule has 6 heteroatoms. The van der Waals surface area contributed by atoms with Gasteiger partial charge in [-0.05, 0) is 70.1 Å². The number of anilines is 1. The third kappa shape index (κ3) is 3.02. The van der Waals surface area contributed by atoms with Crippen LogP contribution in [0.3, 0.4) is 0 Å². The van der Waals surface area contributed by atoms with E-state index in [0.717, 1.165) is 42.7 Å². The molecule has 124 valence electrons. The van der Waals surface area contributed by atoms with Crippen molar-refractivity contribution in [2.75, 3.05) is 32.0 Å². The van der Waals surface area contributed by atoms with E-state index in [2.05, 4.69) is 27.2 Å². The molecule has 0 atom stereocenters. The van der Waals surface area contributed by atoms with Crippen molar-refractivity contribution in [1.82, 2.24) is 14.9 Å². The first-order valence-corrected chi connectivity index (χ1v) is 9.49. The fourth-order valence-corrected chi connectivity index (χ4v) is 5.02. The van der Waals surface area contributed by atoms with Crippen LogP contribution in [0.1, 0.15) is 36.1 Å². The van der Waals surface area contributed by atoms with Crippen LogP contribution in [0.15, 0.2) is 4.79 Å². The predicted molar refractivity (Wildman–Crippen MR) is 95.6 cm³/mol. The largest absolute Gasteiger partial charge is 0.355 e. The van der Waals surface area contributed by atoms with Gasteiger partial charge in [0, 0.05) is 11.4 Å². The van der Waals surface area contributed by atoms with E-state index in [-0.39, 0.29) is 5.56 Å². The topological polar surface area (TPSA) is 61.0 Å². The molecule has 0 saturated carbocycles. The standard InChI is InChI=1S/C17H24N4OS/c1-21-8-6-11(7-9-21)10-18-17-19-15(22)14-12-4-2-3-5-13(12)23-16(14)20-17/h11H,2-10H2,1H3,(H2,18,19,20,22). The third-order valence-corrected chi connectivity index (χ3v) is 6.41. The molecule has 0 aromatic carbocycles. The van der Waals surface area contributed by atoms with Gasteiger partial charge in [-0.2, -0.15) is 0 Å². The fourth-order valence-electron chi connectivity index (χ4n) is 3.75. The molecule has 23 heavy (non-hydrogen) atoms. The van der Waals surface area contributed by atoms with Gasteiger partial charge in [0.25, 0.3) is 5.56 Å². The van der Waals surface area contributed by atoms with Crippen molar-refractivity contribution < 1.29 is 0 Å². The van der Waals surface area contributed by atoms with Gasteiger partial charge in [-0.3, -0.25) is 9.78 Å². The van der Waals surface area contributed by atoms with Gasteiger partial charge >= 0.3 is 0 Å². The minimum absolute atomic E-state index is 0.0280. The number of aryl methyl sites for hydroxylation is 2. The fraction of sp³-hybridized carbons (Fsp3) is 0.647. The summed E-state index contributed by atoms with van der Waals surface area (Å²) in [4.78, 5) is 24.8. The van der Waals surface area contributed by atoms with E-state index in [0.29, 0.717) is 11.9 Å². The molecule has 1 saturated heterocycles. The molecule has 0 unspecified atom stereocenters. The van der Waals surface area contributed by atoms with Gasteiger partial charge in [-0.15, -0.1) is 11.3 Å². The summed E-state index contributed by atoms with van der Waals surface area (Å²) in [5, 5.41) is 4.21. The SMILES string of the molecule is CN1CCC(CNc2nc3sc4c(c3c(=O)[nH]2)CCCC4)CC1. The molecular weight excluding hydrogens is 308 g/mol. The Labute approximate surface area is 140 Å². The Morgan fingerprint density at radius 2 is 2.09 bits per heavy atom. The zero-order valence-electron chi connectivity index (χ0n) is 13.7. The van der Waals surface area contributed by atoms with Crippen molar-refractivity contribution in [1.29, 1.82) is 0 Å². The Hall–Kier alpha value is -1.40. The summed E-state index contributed by atoms with van der Waals surface area (Å²) in [7, 11) is 2.18. The molecule has 0 radical (unpaired) electrons. The molecule has 1 fully saturated rings. The zero-order chi connectivity index (χ0) is 15.8. The van der Waals surface area contributed by atoms with Crippen LogP contribution in [-0.2, 0) is 12.8 Å². The summed E-state index contributed by atoms with van der Waals surface area (Å²) in [6.45, 7) is 3.22. The smallest absolute Gasteiger partial charge is 0.261 e. The Balaban J connectivity index is 1.53. The second-order valence-electron chi connectivity index (χ2n) is 6.93. The van der Waals surface area contributed by atoms with Gasteiger partial charge in [-0.25, -0.2) is 4.98 Å². The first-order valence-electron chi connectivity index (χ1n) is 8.67. The highest BCUT2D eigenvalue weighted by Crippen LogP contribution is 2.33. The van der Waals surface area contributed by atoms with E-state index in [1.807, 2.05) is 0 Å². The molecule has 2 aliphatic rings. The lowest BCUT2D eigenvalue weighted by molar-refractivity contribution is 0.226. The Bertz CT molecular complexity index is 758. The van der Waals surface area contributed by atoms with Gasteiger partial charge in [0.15, 0.2) is 0 Å². The van der Waals surface area contributed by atoms with E-state index in [9.17, 15) is 4.79 Å². The number of hydrogen-bond acceptors (Lipinski definition) is 5. The molecule has 2 aromatic heterocycles. The van der Waals surface area contributed by atoms with Crippen LogP contribution in [0.25, 0.3) is 10.2 Å². The highest BCUT2D eigenvalue weighted by Gasteiger charge is 2.20. The number of hydrogen-bond donors (Lipinski definition) is 2. The molecule has 1 aliphatic heterocycles. The number of nitrogens with one attached hydrogen (secondary N) is 2. The van der Waals surface area contributed by atoms with Crippen molar-refractivity contribution in [2.45, 2.75) is 38.5 Å². The van der Waals surface area contributed by atoms with Crippen LogP contribution in [-0.4, -0.2) is 41.5 Å². The molecule has 4 rings (SSSR count). The molecule has 1 aliphatic carbocycles. The molecule has 5 nitrogen and oxygen atoms in total. The summed E-state index contributed by atoms with van der Waals surface area (Å²) >= 11 is 1.71.